The van der Waals surface area contributed by atoms with Crippen molar-refractivity contribution < 1.29 is 34.1 Å². The molecule has 172 valence electrons. The number of rotatable bonds is 8. The van der Waals surface area contributed by atoms with E-state index in [0.29, 0.717) is 24.3 Å². The van der Waals surface area contributed by atoms with Crippen LogP contribution in [0.2, 0.25) is 0 Å². The van der Waals surface area contributed by atoms with Gasteiger partial charge in [-0.3, -0.25) is 14.4 Å². The molecule has 32 heavy (non-hydrogen) atoms. The molecule has 3 aliphatic rings. The SMILES string of the molecule is C=CCN(C(=O)C1N(CCO)C(=O)[C@@H]2[C@@H](C(=O)O)[C@@]3(C)CCC12O3)c1ccc(OC)cc1. The number of carbonyl (C=O) groups is 3. The van der Waals surface area contributed by atoms with Crippen LogP contribution >= 0.6 is 0 Å². The number of aliphatic carboxylic acids is 1. The van der Waals surface area contributed by atoms with Gasteiger partial charge in [-0.1, -0.05) is 6.08 Å². The Morgan fingerprint density at radius 3 is 2.59 bits per heavy atom. The van der Waals surface area contributed by atoms with Gasteiger partial charge in [-0.25, -0.2) is 0 Å². The number of ether oxygens (including phenoxy) is 2. The first-order valence-electron chi connectivity index (χ1n) is 10.6. The minimum Gasteiger partial charge on any atom is -0.497 e. The molecule has 1 aromatic rings. The van der Waals surface area contributed by atoms with Gasteiger partial charge in [0, 0.05) is 18.8 Å². The molecule has 5 atom stereocenters. The van der Waals surface area contributed by atoms with Crippen molar-refractivity contribution >= 4 is 23.5 Å². The van der Waals surface area contributed by atoms with E-state index < -0.39 is 46.9 Å². The van der Waals surface area contributed by atoms with Crippen molar-refractivity contribution in [3.63, 3.8) is 0 Å². The van der Waals surface area contributed by atoms with Crippen molar-refractivity contribution in [2.45, 2.75) is 37.0 Å². The zero-order valence-electron chi connectivity index (χ0n) is 18.2. The Kier molecular flexibility index (Phi) is 5.50. The summed E-state index contributed by atoms with van der Waals surface area (Å²) in [6.45, 7) is 5.21. The first-order chi connectivity index (χ1) is 15.2. The third-order valence-electron chi connectivity index (χ3n) is 7.08. The van der Waals surface area contributed by atoms with E-state index in [-0.39, 0.29) is 19.7 Å². The van der Waals surface area contributed by atoms with Gasteiger partial charge >= 0.3 is 5.97 Å². The van der Waals surface area contributed by atoms with Gasteiger partial charge in [0.15, 0.2) is 0 Å². The number of benzene rings is 1. The quantitative estimate of drug-likeness (QED) is 0.576. The van der Waals surface area contributed by atoms with Crippen LogP contribution in [0.1, 0.15) is 19.8 Å². The third-order valence-corrected chi connectivity index (χ3v) is 7.08. The first kappa shape index (κ1) is 22.3. The topological polar surface area (TPSA) is 117 Å². The highest BCUT2D eigenvalue weighted by molar-refractivity contribution is 6.04. The molecule has 0 aliphatic carbocycles. The monoisotopic (exact) mass is 444 g/mol. The average molecular weight is 444 g/mol. The molecule has 9 nitrogen and oxygen atoms in total. The molecule has 0 aromatic heterocycles. The second-order valence-corrected chi connectivity index (χ2v) is 8.76. The van der Waals surface area contributed by atoms with E-state index in [4.69, 9.17) is 9.47 Å². The summed E-state index contributed by atoms with van der Waals surface area (Å²) in [5.74, 6) is -3.35. The maximum absolute atomic E-state index is 14.0. The van der Waals surface area contributed by atoms with E-state index in [1.54, 1.807) is 44.4 Å². The molecule has 1 spiro atoms. The molecule has 3 heterocycles. The van der Waals surface area contributed by atoms with Gasteiger partial charge in [0.05, 0.1) is 31.2 Å². The largest absolute Gasteiger partial charge is 0.497 e. The van der Waals surface area contributed by atoms with Crippen molar-refractivity contribution in [1.29, 1.82) is 0 Å². The fourth-order valence-electron chi connectivity index (χ4n) is 5.79. The molecule has 2 bridgehead atoms. The summed E-state index contributed by atoms with van der Waals surface area (Å²) in [5.41, 5.74) is -1.67. The number of aliphatic hydroxyl groups is 1. The molecule has 3 fully saturated rings. The van der Waals surface area contributed by atoms with E-state index in [1.807, 2.05) is 0 Å². The van der Waals surface area contributed by atoms with Gasteiger partial charge in [0.2, 0.25) is 5.91 Å². The Bertz CT molecular complexity index is 948. The number of amides is 2. The highest BCUT2D eigenvalue weighted by Gasteiger charge is 2.78. The number of hydrogen-bond donors (Lipinski definition) is 2. The summed E-state index contributed by atoms with van der Waals surface area (Å²) < 4.78 is 11.5. The molecule has 3 saturated heterocycles. The number of β-amino-alcohol motifs (C(OH)–C–C–N with tert-alkyl or cyclic N) is 1. The lowest BCUT2D eigenvalue weighted by molar-refractivity contribution is -0.154. The molecule has 2 unspecified atom stereocenters. The van der Waals surface area contributed by atoms with Crippen LogP contribution < -0.4 is 9.64 Å². The molecule has 9 heteroatoms. The van der Waals surface area contributed by atoms with E-state index in [2.05, 4.69) is 6.58 Å². The van der Waals surface area contributed by atoms with E-state index in [9.17, 15) is 24.6 Å². The van der Waals surface area contributed by atoms with Crippen LogP contribution in [-0.2, 0) is 19.1 Å². The van der Waals surface area contributed by atoms with Crippen LogP contribution in [-0.4, -0.2) is 76.9 Å². The number of anilines is 1. The predicted molar refractivity (Wildman–Crippen MR) is 114 cm³/mol. The van der Waals surface area contributed by atoms with Gasteiger partial charge in [-0.05, 0) is 44.0 Å². The Labute approximate surface area is 186 Å². The average Bonchev–Trinajstić information content (AvgIpc) is 3.33. The number of fused-ring (bicyclic) bond motifs is 1. The first-order valence-corrected chi connectivity index (χ1v) is 10.6. The zero-order chi connectivity index (χ0) is 23.3. The number of likely N-dealkylation sites (tertiary alicyclic amines) is 1. The van der Waals surface area contributed by atoms with E-state index in [1.165, 1.54) is 9.80 Å². The molecular formula is C23H28N2O7. The summed E-state index contributed by atoms with van der Waals surface area (Å²) >= 11 is 0. The number of carbonyl (C=O) groups excluding carboxylic acids is 2. The Morgan fingerprint density at radius 1 is 1.34 bits per heavy atom. The number of nitrogens with zero attached hydrogens (tertiary/aromatic N) is 2. The van der Waals surface area contributed by atoms with Crippen LogP contribution in [0.25, 0.3) is 0 Å². The zero-order valence-corrected chi connectivity index (χ0v) is 18.2. The lowest BCUT2D eigenvalue weighted by Crippen LogP contribution is -2.56. The normalized spacial score (nSPS) is 32.7. The van der Waals surface area contributed by atoms with Crippen molar-refractivity contribution in [2.75, 3.05) is 31.7 Å². The van der Waals surface area contributed by atoms with Crippen molar-refractivity contribution in [1.82, 2.24) is 4.90 Å². The molecule has 0 saturated carbocycles. The van der Waals surface area contributed by atoms with Crippen LogP contribution in [0.4, 0.5) is 5.69 Å². The minimum atomic E-state index is -1.24. The smallest absolute Gasteiger partial charge is 0.310 e. The number of methoxy groups -OCH3 is 1. The van der Waals surface area contributed by atoms with Gasteiger partial charge in [0.25, 0.3) is 5.91 Å². The molecule has 4 rings (SSSR count). The van der Waals surface area contributed by atoms with Gasteiger partial charge < -0.3 is 29.5 Å². The maximum atomic E-state index is 14.0. The fraction of sp³-hybridized carbons (Fsp3) is 0.522. The number of carboxylic acids is 1. The Hall–Kier alpha value is -2.91. The van der Waals surface area contributed by atoms with Crippen molar-refractivity contribution in [3.8, 4) is 5.75 Å². The van der Waals surface area contributed by atoms with Crippen molar-refractivity contribution in [3.05, 3.63) is 36.9 Å². The lowest BCUT2D eigenvalue weighted by Gasteiger charge is -2.36. The summed E-state index contributed by atoms with van der Waals surface area (Å²) in [5, 5.41) is 19.5. The minimum absolute atomic E-state index is 0.0789. The number of hydrogen-bond acceptors (Lipinski definition) is 6. The van der Waals surface area contributed by atoms with Crippen molar-refractivity contribution in [2.24, 2.45) is 11.8 Å². The summed E-state index contributed by atoms with van der Waals surface area (Å²) in [7, 11) is 1.55. The molecule has 0 radical (unpaired) electrons. The predicted octanol–water partition coefficient (Wildman–Crippen LogP) is 1.06. The van der Waals surface area contributed by atoms with Crippen LogP contribution in [0, 0.1) is 11.8 Å². The number of carboxylic acid groups (broad SMARTS) is 1. The number of aliphatic hydroxyl groups excluding tert-OH is 1. The van der Waals surface area contributed by atoms with Gasteiger partial charge in [0.1, 0.15) is 17.4 Å². The summed E-state index contributed by atoms with van der Waals surface area (Å²) in [4.78, 5) is 42.3. The Balaban J connectivity index is 1.78. The fourth-order valence-corrected chi connectivity index (χ4v) is 5.79. The second-order valence-electron chi connectivity index (χ2n) is 8.76. The van der Waals surface area contributed by atoms with Crippen LogP contribution in [0.5, 0.6) is 5.75 Å². The molecule has 3 aliphatic heterocycles. The highest BCUT2D eigenvalue weighted by atomic mass is 16.5. The summed E-state index contributed by atoms with van der Waals surface area (Å²) in [6, 6.07) is 5.88. The molecular weight excluding hydrogens is 416 g/mol. The second kappa shape index (κ2) is 7.90. The molecule has 1 aromatic carbocycles. The molecule has 2 amide bonds. The van der Waals surface area contributed by atoms with Crippen LogP contribution in [0.3, 0.4) is 0 Å². The molecule has 2 N–H and O–H groups in total. The standard InChI is InChI=1S/C23H28N2O7/c1-4-11-24(14-5-7-15(31-3)8-6-14)20(28)18-23-10-9-22(2,32-23)17(21(29)30)16(23)19(27)25(18)12-13-26/h4-8,16-18,26H,1,9-13H2,2-3H3,(H,29,30)/t16-,17-,18?,22+,23?/m0/s1. The van der Waals surface area contributed by atoms with E-state index in [0.717, 1.165) is 0 Å². The summed E-state index contributed by atoms with van der Waals surface area (Å²) in [6.07, 6.45) is 2.42. The van der Waals surface area contributed by atoms with Crippen LogP contribution in [0.15, 0.2) is 36.9 Å². The van der Waals surface area contributed by atoms with E-state index >= 15 is 0 Å². The Morgan fingerprint density at radius 2 is 2.03 bits per heavy atom. The lowest BCUT2D eigenvalue weighted by atomic mass is 9.66. The maximum Gasteiger partial charge on any atom is 0.310 e. The highest BCUT2D eigenvalue weighted by Crippen LogP contribution is 2.63. The third kappa shape index (κ3) is 3.02. The van der Waals surface area contributed by atoms with Gasteiger partial charge in [-0.2, -0.15) is 0 Å². The van der Waals surface area contributed by atoms with Gasteiger partial charge in [-0.15, -0.1) is 6.58 Å².